The van der Waals surface area contributed by atoms with Crippen molar-refractivity contribution in [2.75, 3.05) is 32.5 Å². The first-order valence-electron chi connectivity index (χ1n) is 13.5. The number of nitrogens with zero attached hydrogens (tertiary/aromatic N) is 2. The van der Waals surface area contributed by atoms with Crippen molar-refractivity contribution in [2.45, 2.75) is 81.3 Å². The smallest absolute Gasteiger partial charge is 0.251 e. The van der Waals surface area contributed by atoms with Gasteiger partial charge in [0.2, 0.25) is 5.91 Å². The van der Waals surface area contributed by atoms with Gasteiger partial charge in [-0.3, -0.25) is 14.4 Å². The lowest BCUT2D eigenvalue weighted by Crippen LogP contribution is -2.52. The summed E-state index contributed by atoms with van der Waals surface area (Å²) in [5, 5.41) is 3.07. The molecule has 8 heteroatoms. The Morgan fingerprint density at radius 1 is 1.11 bits per heavy atom. The maximum Gasteiger partial charge on any atom is 0.251 e. The second-order valence-electron chi connectivity index (χ2n) is 11.3. The molecule has 5 rings (SSSR count). The molecule has 36 heavy (non-hydrogen) atoms. The minimum atomic E-state index is -0.668. The van der Waals surface area contributed by atoms with E-state index in [0.717, 1.165) is 6.04 Å². The summed E-state index contributed by atoms with van der Waals surface area (Å²) >= 11 is 1.62. The summed E-state index contributed by atoms with van der Waals surface area (Å²) in [6.45, 7) is 6.94. The van der Waals surface area contributed by atoms with Gasteiger partial charge in [0.05, 0.1) is 11.4 Å². The van der Waals surface area contributed by atoms with Crippen molar-refractivity contribution in [3.05, 3.63) is 35.4 Å². The summed E-state index contributed by atoms with van der Waals surface area (Å²) in [6.07, 6.45) is 7.31. The normalized spacial score (nSPS) is 27.9. The summed E-state index contributed by atoms with van der Waals surface area (Å²) in [6, 6.07) is 7.56. The van der Waals surface area contributed by atoms with Gasteiger partial charge in [0.25, 0.3) is 5.91 Å². The van der Waals surface area contributed by atoms with Gasteiger partial charge < -0.3 is 19.9 Å². The Morgan fingerprint density at radius 3 is 2.42 bits per heavy atom. The highest BCUT2D eigenvalue weighted by molar-refractivity contribution is 7.99. The molecular weight excluding hydrogens is 474 g/mol. The van der Waals surface area contributed by atoms with Gasteiger partial charge in [0, 0.05) is 18.2 Å². The molecule has 1 N–H and O–H groups in total. The van der Waals surface area contributed by atoms with Gasteiger partial charge in [0.1, 0.15) is 18.7 Å². The molecule has 196 valence electrons. The number of amides is 2. The fourth-order valence-electron chi connectivity index (χ4n) is 6.13. The van der Waals surface area contributed by atoms with Crippen LogP contribution in [0.25, 0.3) is 0 Å². The Bertz CT molecular complexity index is 972. The highest BCUT2D eigenvalue weighted by Crippen LogP contribution is 2.35. The van der Waals surface area contributed by atoms with E-state index in [9.17, 15) is 14.4 Å². The minimum Gasteiger partial charge on any atom is -0.367 e. The maximum absolute atomic E-state index is 13.6. The minimum absolute atomic E-state index is 0.0434. The third-order valence-corrected chi connectivity index (χ3v) is 9.29. The Kier molecular flexibility index (Phi) is 7.75. The summed E-state index contributed by atoms with van der Waals surface area (Å²) in [5.74, 6) is 0.300. The molecule has 0 radical (unpaired) electrons. The van der Waals surface area contributed by atoms with E-state index in [0.29, 0.717) is 24.4 Å². The number of benzene rings is 1. The summed E-state index contributed by atoms with van der Waals surface area (Å²) in [5.41, 5.74) is 1.86. The van der Waals surface area contributed by atoms with E-state index in [1.54, 1.807) is 16.7 Å². The molecule has 1 unspecified atom stereocenters. The monoisotopic (exact) mass is 513 g/mol. The van der Waals surface area contributed by atoms with Gasteiger partial charge in [0.15, 0.2) is 5.78 Å². The van der Waals surface area contributed by atoms with Crippen LogP contribution >= 0.6 is 11.8 Å². The van der Waals surface area contributed by atoms with E-state index in [1.165, 1.54) is 44.3 Å². The fraction of sp³-hybridized carbons (Fsp3) is 0.679. The van der Waals surface area contributed by atoms with E-state index >= 15 is 0 Å². The summed E-state index contributed by atoms with van der Waals surface area (Å²) < 4.78 is 5.71. The lowest BCUT2D eigenvalue weighted by molar-refractivity contribution is -0.138. The molecule has 3 saturated heterocycles. The van der Waals surface area contributed by atoms with Crippen LogP contribution in [0.2, 0.25) is 0 Å². The lowest BCUT2D eigenvalue weighted by atomic mass is 9.89. The van der Waals surface area contributed by atoms with Gasteiger partial charge in [-0.2, -0.15) is 11.8 Å². The molecule has 4 atom stereocenters. The van der Waals surface area contributed by atoms with Crippen molar-refractivity contribution in [3.8, 4) is 0 Å². The molecule has 1 aromatic rings. The molecule has 0 spiro atoms. The molecule has 1 aromatic carbocycles. The van der Waals surface area contributed by atoms with Crippen LogP contribution in [0.1, 0.15) is 67.8 Å². The zero-order valence-electron chi connectivity index (χ0n) is 21.7. The zero-order valence-corrected chi connectivity index (χ0v) is 22.5. The summed E-state index contributed by atoms with van der Waals surface area (Å²) in [7, 11) is 0. The van der Waals surface area contributed by atoms with Gasteiger partial charge >= 0.3 is 0 Å². The average Bonchev–Trinajstić information content (AvgIpc) is 3.57. The molecule has 2 amide bonds. The number of rotatable bonds is 8. The van der Waals surface area contributed by atoms with Crippen molar-refractivity contribution in [2.24, 2.45) is 5.92 Å². The lowest BCUT2D eigenvalue weighted by Gasteiger charge is -2.32. The highest BCUT2D eigenvalue weighted by atomic mass is 32.2. The second-order valence-corrected chi connectivity index (χ2v) is 12.3. The Morgan fingerprint density at radius 2 is 1.81 bits per heavy atom. The number of Topliss-reactive ketones (excluding diaryl/α,β-unsaturated/α-hetero) is 1. The van der Waals surface area contributed by atoms with Gasteiger partial charge in [-0.1, -0.05) is 26.0 Å². The predicted molar refractivity (Wildman–Crippen MR) is 141 cm³/mol. The van der Waals surface area contributed by atoms with E-state index < -0.39 is 12.1 Å². The Hall–Kier alpha value is -1.90. The number of piperidine rings is 1. The van der Waals surface area contributed by atoms with Crippen LogP contribution in [-0.4, -0.2) is 89.4 Å². The molecule has 3 heterocycles. The number of carbonyl (C=O) groups is 3. The first-order chi connectivity index (χ1) is 17.4. The van der Waals surface area contributed by atoms with Crippen molar-refractivity contribution < 1.29 is 19.1 Å². The fourth-order valence-corrected chi connectivity index (χ4v) is 6.93. The molecule has 0 bridgehead atoms. The number of likely N-dealkylation sites (tertiary alicyclic amines) is 2. The highest BCUT2D eigenvalue weighted by Gasteiger charge is 2.53. The molecule has 0 aromatic heterocycles. The molecule has 1 saturated carbocycles. The number of fused-ring (bicyclic) bond motifs is 1. The molecule has 4 fully saturated rings. The Balaban J connectivity index is 1.23. The van der Waals surface area contributed by atoms with Crippen LogP contribution in [-0.2, 0) is 14.3 Å². The molecule has 3 aliphatic heterocycles. The topological polar surface area (TPSA) is 79.0 Å². The average molecular weight is 514 g/mol. The number of nitrogens with one attached hydrogen (secondary N) is 1. The van der Waals surface area contributed by atoms with Gasteiger partial charge in [-0.05, 0) is 81.0 Å². The maximum atomic E-state index is 13.6. The van der Waals surface area contributed by atoms with Crippen LogP contribution in [0.5, 0.6) is 0 Å². The van der Waals surface area contributed by atoms with E-state index in [4.69, 9.17) is 4.74 Å². The Labute approximate surface area is 218 Å². The van der Waals surface area contributed by atoms with Gasteiger partial charge in [-0.15, -0.1) is 0 Å². The van der Waals surface area contributed by atoms with Crippen LogP contribution in [0, 0.1) is 5.92 Å². The standard InChI is InChI=1S/C28H39N3O4S/c1-17(2)14-22(28(34)31-15-24(36-3)26-25(31)23(32)16-35-26)29-27(33)20-6-4-18(5-7-20)19-10-12-30(13-11-19)21-8-9-21/h4-7,17,19,21-22,24-26H,8-16H2,1-3H3,(H,29,33)/t22?,24-,25+,26+/m0/s1. The van der Waals surface area contributed by atoms with Crippen molar-refractivity contribution >= 4 is 29.4 Å². The number of thioether (sulfide) groups is 1. The number of hydrogen-bond acceptors (Lipinski definition) is 6. The van der Waals surface area contributed by atoms with Crippen LogP contribution < -0.4 is 5.32 Å². The molecule has 4 aliphatic rings. The number of carbonyl (C=O) groups excluding carboxylic acids is 3. The molecule has 1 aliphatic carbocycles. The molecule has 7 nitrogen and oxygen atoms in total. The number of ether oxygens (including phenoxy) is 1. The van der Waals surface area contributed by atoms with Crippen molar-refractivity contribution in [1.82, 2.24) is 15.1 Å². The predicted octanol–water partition coefficient (Wildman–Crippen LogP) is 3.08. The van der Waals surface area contributed by atoms with E-state index in [-0.39, 0.29) is 41.5 Å². The van der Waals surface area contributed by atoms with Gasteiger partial charge in [-0.25, -0.2) is 0 Å². The molecular formula is C28H39N3O4S. The quantitative estimate of drug-likeness (QED) is 0.576. The van der Waals surface area contributed by atoms with Crippen LogP contribution in [0.15, 0.2) is 24.3 Å². The largest absolute Gasteiger partial charge is 0.367 e. The first kappa shape index (κ1) is 25.7. The number of hydrogen-bond donors (Lipinski definition) is 1. The van der Waals surface area contributed by atoms with Crippen molar-refractivity contribution in [1.29, 1.82) is 0 Å². The number of ketones is 1. The van der Waals surface area contributed by atoms with Crippen molar-refractivity contribution in [3.63, 3.8) is 0 Å². The van der Waals surface area contributed by atoms with E-state index in [2.05, 4.69) is 22.3 Å². The SMILES string of the molecule is CS[C@H]1CN(C(=O)C(CC(C)C)NC(=O)c2ccc(C3CCN(C4CC4)CC3)cc2)[C@@H]2C(=O)CO[C@H]12. The van der Waals surface area contributed by atoms with Crippen LogP contribution in [0.4, 0.5) is 0 Å². The third-order valence-electron chi connectivity index (χ3n) is 8.27. The third kappa shape index (κ3) is 5.36. The second kappa shape index (κ2) is 10.8. The first-order valence-corrected chi connectivity index (χ1v) is 14.8. The van der Waals surface area contributed by atoms with E-state index in [1.807, 2.05) is 32.2 Å². The summed E-state index contributed by atoms with van der Waals surface area (Å²) in [4.78, 5) is 43.6. The zero-order chi connectivity index (χ0) is 25.4. The van der Waals surface area contributed by atoms with Crippen LogP contribution in [0.3, 0.4) is 0 Å².